The molecule has 5 heterocycles. The van der Waals surface area contributed by atoms with Gasteiger partial charge < -0.3 is 29.9 Å². The molecule has 0 spiro atoms. The van der Waals surface area contributed by atoms with Gasteiger partial charge in [0.25, 0.3) is 0 Å². The molecule has 0 aliphatic carbocycles. The van der Waals surface area contributed by atoms with Crippen molar-refractivity contribution >= 4 is 54.9 Å². The molecule has 0 fully saturated rings. The van der Waals surface area contributed by atoms with E-state index in [0.717, 1.165) is 54.6 Å². The normalized spacial score (nSPS) is 11.8. The van der Waals surface area contributed by atoms with E-state index in [1.165, 1.54) is 0 Å². The first kappa shape index (κ1) is 25.7. The molecule has 8 bridgehead atoms. The first-order valence-corrected chi connectivity index (χ1v) is 14.3. The molecule has 10 rings (SSSR count). The third-order valence-corrected chi connectivity index (χ3v) is 8.29. The van der Waals surface area contributed by atoms with Gasteiger partial charge in [-0.15, -0.1) is 0 Å². The molecule has 0 N–H and O–H groups in total. The molecular weight excluding hydrogens is 600 g/mol. The second kappa shape index (κ2) is 9.62. The molecule has 45 heavy (non-hydrogen) atoms. The van der Waals surface area contributed by atoms with Gasteiger partial charge in [0.2, 0.25) is 0 Å². The summed E-state index contributed by atoms with van der Waals surface area (Å²) in [6.45, 7) is 0. The Morgan fingerprint density at radius 1 is 0.333 bits per heavy atom. The molecule has 9 heteroatoms. The van der Waals surface area contributed by atoms with Gasteiger partial charge in [0.1, 0.15) is 0 Å². The third kappa shape index (κ3) is 3.85. The molecule has 210 valence electrons. The average molecular weight is 618 g/mol. The van der Waals surface area contributed by atoms with Gasteiger partial charge in [-0.25, -0.2) is 9.97 Å². The second-order valence-electron chi connectivity index (χ2n) is 10.9. The molecule has 0 amide bonds. The monoisotopic (exact) mass is 618 g/mol. The minimum absolute atomic E-state index is 0. The Kier molecular flexibility index (Phi) is 5.50. The van der Waals surface area contributed by atoms with E-state index in [-0.39, 0.29) is 17.1 Å². The maximum Gasteiger partial charge on any atom is 2.00 e. The molecule has 3 aromatic heterocycles. The van der Waals surface area contributed by atoms with Gasteiger partial charge in [-0.1, -0.05) is 97.1 Å². The smallest absolute Gasteiger partial charge is 0.357 e. The number of hydrogen-bond acceptors (Lipinski definition) is 6. The molecule has 0 saturated carbocycles. The average Bonchev–Trinajstić information content (AvgIpc) is 3.79. The molecule has 8 aromatic rings. The fourth-order valence-corrected chi connectivity index (χ4v) is 6.20. The van der Waals surface area contributed by atoms with Gasteiger partial charge >= 0.3 is 17.1 Å². The zero-order valence-electron chi connectivity index (χ0n) is 23.3. The molecule has 0 saturated heterocycles. The zero-order valence-corrected chi connectivity index (χ0v) is 24.4. The van der Waals surface area contributed by atoms with Crippen LogP contribution in [0.15, 0.2) is 109 Å². The van der Waals surface area contributed by atoms with Gasteiger partial charge in [0, 0.05) is 44.8 Å². The van der Waals surface area contributed by atoms with Crippen LogP contribution in [0.25, 0.3) is 100 Å². The molecule has 5 aromatic carbocycles. The quantitative estimate of drug-likeness (QED) is 0.163. The van der Waals surface area contributed by atoms with Crippen molar-refractivity contribution in [2.45, 2.75) is 0 Å². The molecule has 2 aliphatic heterocycles. The Balaban J connectivity index is 0.00000281. The van der Waals surface area contributed by atoms with E-state index < -0.39 is 0 Å². The van der Waals surface area contributed by atoms with Gasteiger partial charge in [0.15, 0.2) is 0 Å². The van der Waals surface area contributed by atoms with Crippen LogP contribution in [0.3, 0.4) is 0 Å². The Hall–Kier alpha value is -5.76. The standard InChI is InChI=1S/C36H18N8.Fe/c1-2-10-20-18-28-27(17-19(20)9-1)35-42-33-25-15-7-5-13-23(25)31(40-33)38-29-21-11-3-4-12-22(21)30(37-29)39-32-24-14-6-8-16-26(24)34(41-32)43-36(28)44-35;/h1-18H;/q-2;+2. The Morgan fingerprint density at radius 2 is 0.644 bits per heavy atom. The van der Waals surface area contributed by atoms with Crippen molar-refractivity contribution in [3.05, 3.63) is 109 Å². The van der Waals surface area contributed by atoms with E-state index in [0.29, 0.717) is 45.9 Å². The fourth-order valence-electron chi connectivity index (χ4n) is 6.20. The molecule has 0 radical (unpaired) electrons. The number of nitrogens with zero attached hydrogens (tertiary/aromatic N) is 8. The summed E-state index contributed by atoms with van der Waals surface area (Å²) >= 11 is 0. The van der Waals surface area contributed by atoms with Crippen molar-refractivity contribution < 1.29 is 17.1 Å². The van der Waals surface area contributed by atoms with E-state index in [2.05, 4.69) is 24.3 Å². The van der Waals surface area contributed by atoms with Crippen LogP contribution in [-0.2, 0) is 17.1 Å². The van der Waals surface area contributed by atoms with Crippen LogP contribution < -0.4 is 9.97 Å². The van der Waals surface area contributed by atoms with E-state index >= 15 is 0 Å². The van der Waals surface area contributed by atoms with Crippen molar-refractivity contribution in [3.8, 4) is 45.6 Å². The number of benzene rings is 5. The molecule has 2 aliphatic rings. The van der Waals surface area contributed by atoms with E-state index in [1.54, 1.807) is 0 Å². The summed E-state index contributed by atoms with van der Waals surface area (Å²) in [5.41, 5.74) is 5.75. The topological polar surface area (TPSA) is 106 Å². The number of hydrogen-bond donors (Lipinski definition) is 0. The van der Waals surface area contributed by atoms with Crippen LogP contribution in [0.2, 0.25) is 0 Å². The molecule has 0 unspecified atom stereocenters. The summed E-state index contributed by atoms with van der Waals surface area (Å²) in [5, 5.41) is 5.76. The predicted molar refractivity (Wildman–Crippen MR) is 171 cm³/mol. The number of rotatable bonds is 0. The van der Waals surface area contributed by atoms with Crippen LogP contribution in [0.1, 0.15) is 0 Å². The van der Waals surface area contributed by atoms with E-state index in [1.807, 2.05) is 84.9 Å². The Labute approximate surface area is 265 Å². The summed E-state index contributed by atoms with van der Waals surface area (Å²) in [6, 6.07) is 36.5. The van der Waals surface area contributed by atoms with Crippen molar-refractivity contribution in [3.63, 3.8) is 0 Å². The second-order valence-corrected chi connectivity index (χ2v) is 10.9. The molecular formula is C36H18FeN8. The van der Waals surface area contributed by atoms with Crippen molar-refractivity contribution in [1.29, 1.82) is 0 Å². The summed E-state index contributed by atoms with van der Waals surface area (Å²) in [5.74, 6) is 2.19. The van der Waals surface area contributed by atoms with Crippen molar-refractivity contribution in [1.82, 2.24) is 39.9 Å². The first-order valence-electron chi connectivity index (χ1n) is 14.3. The number of aromatic nitrogens is 8. The SMILES string of the molecule is [Fe+2].c1ccc2c(c1)-c1nc-2nc2[n-]c(nc3nc(nc4[n-]c(n1)c1ccccc41)-c1ccccc1-3)c1cc3ccccc3cc21. The largest absolute Gasteiger partial charge is 2.00 e. The van der Waals surface area contributed by atoms with Gasteiger partial charge in [-0.05, 0) is 44.5 Å². The Bertz CT molecular complexity index is 2510. The number of fused-ring (bicyclic) bond motifs is 21. The zero-order chi connectivity index (χ0) is 28.8. The summed E-state index contributed by atoms with van der Waals surface area (Å²) in [7, 11) is 0. The minimum atomic E-state index is 0. The summed E-state index contributed by atoms with van der Waals surface area (Å²) in [6.07, 6.45) is 0. The Morgan fingerprint density at radius 3 is 1.02 bits per heavy atom. The van der Waals surface area contributed by atoms with Gasteiger partial charge in [0.05, 0.1) is 23.3 Å². The maximum atomic E-state index is 5.06. The van der Waals surface area contributed by atoms with Gasteiger partial charge in [-0.3, -0.25) is 0 Å². The van der Waals surface area contributed by atoms with Crippen LogP contribution >= 0.6 is 0 Å². The van der Waals surface area contributed by atoms with Gasteiger partial charge in [-0.2, -0.15) is 0 Å². The molecule has 8 nitrogen and oxygen atoms in total. The summed E-state index contributed by atoms with van der Waals surface area (Å²) in [4.78, 5) is 39.8. The third-order valence-electron chi connectivity index (χ3n) is 8.29. The van der Waals surface area contributed by atoms with Crippen LogP contribution in [-0.4, -0.2) is 29.9 Å². The van der Waals surface area contributed by atoms with E-state index in [9.17, 15) is 0 Å². The van der Waals surface area contributed by atoms with Crippen molar-refractivity contribution in [2.24, 2.45) is 0 Å². The predicted octanol–water partition coefficient (Wildman–Crippen LogP) is 7.28. The maximum absolute atomic E-state index is 5.06. The summed E-state index contributed by atoms with van der Waals surface area (Å²) < 4.78 is 0. The van der Waals surface area contributed by atoms with Crippen molar-refractivity contribution in [2.75, 3.05) is 0 Å². The molecule has 0 atom stereocenters. The van der Waals surface area contributed by atoms with Crippen LogP contribution in [0.5, 0.6) is 0 Å². The fraction of sp³-hybridized carbons (Fsp3) is 0. The van der Waals surface area contributed by atoms with Crippen LogP contribution in [0.4, 0.5) is 0 Å². The minimum Gasteiger partial charge on any atom is -0.357 e. The first-order chi connectivity index (χ1) is 21.8. The van der Waals surface area contributed by atoms with E-state index in [4.69, 9.17) is 39.9 Å². The van der Waals surface area contributed by atoms with Crippen LogP contribution in [0, 0.1) is 0 Å².